The summed E-state index contributed by atoms with van der Waals surface area (Å²) in [5, 5.41) is 31.0. The molecule has 0 spiro atoms. The summed E-state index contributed by atoms with van der Waals surface area (Å²) >= 11 is 0. The molecule has 0 bridgehead atoms. The molecule has 0 amide bonds. The lowest BCUT2D eigenvalue weighted by atomic mass is 9.80. The lowest BCUT2D eigenvalue weighted by Crippen LogP contribution is -2.55. The number of nitrogens with one attached hydrogen (secondary N) is 1. The molecule has 2 rings (SSSR count). The van der Waals surface area contributed by atoms with E-state index in [0.717, 1.165) is 6.20 Å². The third-order valence-electron chi connectivity index (χ3n) is 3.61. The Hall–Kier alpha value is -1.52. The predicted octanol–water partition coefficient (Wildman–Crippen LogP) is 0.348. The van der Waals surface area contributed by atoms with Crippen LogP contribution < -0.4 is 5.32 Å². The first-order valence-electron chi connectivity index (χ1n) is 6.51. The summed E-state index contributed by atoms with van der Waals surface area (Å²) in [7, 11) is 0. The van der Waals surface area contributed by atoms with E-state index in [1.807, 2.05) is 0 Å². The maximum Gasteiger partial charge on any atom is 0.434 e. The highest BCUT2D eigenvalue weighted by atomic mass is 19.4. The molecule has 1 aliphatic rings. The summed E-state index contributed by atoms with van der Waals surface area (Å²) in [5.74, 6) is -1.43. The number of aromatic nitrogens is 2. The van der Waals surface area contributed by atoms with Crippen molar-refractivity contribution in [3.63, 3.8) is 0 Å². The average Bonchev–Trinajstić information content (AvgIpc) is 2.44. The molecule has 0 saturated heterocycles. The van der Waals surface area contributed by atoms with Crippen LogP contribution in [0.15, 0.2) is 12.4 Å². The van der Waals surface area contributed by atoms with Gasteiger partial charge in [-0.3, -0.25) is 4.98 Å². The molecule has 22 heavy (non-hydrogen) atoms. The van der Waals surface area contributed by atoms with Crippen LogP contribution in [0.1, 0.15) is 12.1 Å². The second-order valence-electron chi connectivity index (χ2n) is 5.12. The fraction of sp³-hybridized carbons (Fsp3) is 0.667. The Morgan fingerprint density at radius 1 is 1.23 bits per heavy atom. The number of aliphatic hydroxyl groups is 3. The quantitative estimate of drug-likeness (QED) is 0.599. The molecule has 1 aromatic rings. The predicted molar refractivity (Wildman–Crippen MR) is 66.5 cm³/mol. The Balaban J connectivity index is 2.14. The minimum atomic E-state index is -4.68. The SMILES string of the molecule is OC[C@@H]1[C@H](O)[C@H](O)[C@@H](Nc2cncc(C(F)(F)F)n2)C[C@@H]1F. The van der Waals surface area contributed by atoms with Crippen molar-refractivity contribution in [2.24, 2.45) is 5.92 Å². The zero-order valence-electron chi connectivity index (χ0n) is 11.2. The van der Waals surface area contributed by atoms with Gasteiger partial charge in [-0.25, -0.2) is 9.37 Å². The number of nitrogens with zero attached hydrogens (tertiary/aromatic N) is 2. The van der Waals surface area contributed by atoms with Crippen molar-refractivity contribution in [2.75, 3.05) is 11.9 Å². The van der Waals surface area contributed by atoms with Crippen molar-refractivity contribution in [3.05, 3.63) is 18.1 Å². The molecule has 0 radical (unpaired) electrons. The molecule has 1 fully saturated rings. The minimum Gasteiger partial charge on any atom is -0.396 e. The van der Waals surface area contributed by atoms with Crippen molar-refractivity contribution < 1.29 is 32.9 Å². The Kier molecular flexibility index (Phi) is 4.83. The number of alkyl halides is 4. The minimum absolute atomic E-state index is 0.290. The van der Waals surface area contributed by atoms with Crippen LogP contribution in [0.25, 0.3) is 0 Å². The lowest BCUT2D eigenvalue weighted by molar-refractivity contribution is -0.141. The molecule has 1 aliphatic carbocycles. The zero-order valence-corrected chi connectivity index (χ0v) is 11.2. The molecule has 0 unspecified atom stereocenters. The zero-order chi connectivity index (χ0) is 16.5. The fourth-order valence-electron chi connectivity index (χ4n) is 2.39. The highest BCUT2D eigenvalue weighted by Crippen LogP contribution is 2.31. The molecule has 6 nitrogen and oxygen atoms in total. The van der Waals surface area contributed by atoms with Crippen LogP contribution in [0.5, 0.6) is 0 Å². The van der Waals surface area contributed by atoms with Crippen LogP contribution in [0, 0.1) is 5.92 Å². The van der Waals surface area contributed by atoms with Gasteiger partial charge in [0, 0.05) is 12.3 Å². The Morgan fingerprint density at radius 3 is 2.50 bits per heavy atom. The van der Waals surface area contributed by atoms with Crippen LogP contribution in [0.3, 0.4) is 0 Å². The fourth-order valence-corrected chi connectivity index (χ4v) is 2.39. The molecule has 0 aromatic carbocycles. The van der Waals surface area contributed by atoms with Crippen LogP contribution in [0.4, 0.5) is 23.4 Å². The highest BCUT2D eigenvalue weighted by Gasteiger charge is 2.43. The van der Waals surface area contributed by atoms with Gasteiger partial charge in [0.25, 0.3) is 0 Å². The van der Waals surface area contributed by atoms with E-state index in [9.17, 15) is 27.8 Å². The van der Waals surface area contributed by atoms with Gasteiger partial charge in [0.2, 0.25) is 0 Å². The lowest BCUT2D eigenvalue weighted by Gasteiger charge is -2.39. The van der Waals surface area contributed by atoms with Crippen molar-refractivity contribution >= 4 is 5.82 Å². The number of anilines is 1. The van der Waals surface area contributed by atoms with Crippen molar-refractivity contribution in [3.8, 4) is 0 Å². The molecule has 1 saturated carbocycles. The van der Waals surface area contributed by atoms with E-state index >= 15 is 0 Å². The van der Waals surface area contributed by atoms with Crippen LogP contribution >= 0.6 is 0 Å². The third kappa shape index (κ3) is 3.45. The maximum absolute atomic E-state index is 13.8. The monoisotopic (exact) mass is 325 g/mol. The summed E-state index contributed by atoms with van der Waals surface area (Å²) in [6.45, 7) is -0.643. The molecular formula is C12H15F4N3O3. The summed E-state index contributed by atoms with van der Waals surface area (Å²) in [6.07, 6.45) is -8.04. The molecular weight excluding hydrogens is 310 g/mol. The normalized spacial score (nSPS) is 32.8. The average molecular weight is 325 g/mol. The second kappa shape index (κ2) is 6.31. The second-order valence-corrected chi connectivity index (χ2v) is 5.12. The molecule has 5 atom stereocenters. The van der Waals surface area contributed by atoms with Gasteiger partial charge in [0.1, 0.15) is 18.1 Å². The van der Waals surface area contributed by atoms with E-state index in [-0.39, 0.29) is 12.2 Å². The van der Waals surface area contributed by atoms with Gasteiger partial charge in [-0.05, 0) is 0 Å². The number of rotatable bonds is 3. The van der Waals surface area contributed by atoms with Crippen LogP contribution in [-0.2, 0) is 6.18 Å². The highest BCUT2D eigenvalue weighted by molar-refractivity contribution is 5.34. The molecule has 1 aromatic heterocycles. The van der Waals surface area contributed by atoms with E-state index in [4.69, 9.17) is 5.11 Å². The Labute approximate surface area is 122 Å². The summed E-state index contributed by atoms with van der Waals surface area (Å²) < 4.78 is 51.4. The van der Waals surface area contributed by atoms with Crippen molar-refractivity contribution in [2.45, 2.75) is 37.0 Å². The van der Waals surface area contributed by atoms with Gasteiger partial charge in [-0.2, -0.15) is 13.2 Å². The first-order valence-corrected chi connectivity index (χ1v) is 6.51. The molecule has 0 aliphatic heterocycles. The van der Waals surface area contributed by atoms with Gasteiger partial charge >= 0.3 is 6.18 Å². The number of aliphatic hydroxyl groups excluding tert-OH is 3. The standard InChI is InChI=1S/C12H15F4N3O3/c13-6-1-7(11(22)10(21)5(6)4-20)18-9-3-17-2-8(19-9)12(14,15)16/h2-3,5-7,10-11,20-22H,1,4H2,(H,18,19)/t5-,6-,7-,10-,11+/m0/s1. The van der Waals surface area contributed by atoms with Crippen LogP contribution in [0.2, 0.25) is 0 Å². The van der Waals surface area contributed by atoms with E-state index in [1.165, 1.54) is 0 Å². The molecule has 124 valence electrons. The summed E-state index contributed by atoms with van der Waals surface area (Å²) in [4.78, 5) is 6.69. The molecule has 1 heterocycles. The van der Waals surface area contributed by atoms with E-state index in [2.05, 4.69) is 15.3 Å². The van der Waals surface area contributed by atoms with Crippen molar-refractivity contribution in [1.29, 1.82) is 0 Å². The first kappa shape index (κ1) is 16.8. The van der Waals surface area contributed by atoms with Gasteiger partial charge < -0.3 is 20.6 Å². The van der Waals surface area contributed by atoms with Gasteiger partial charge in [0.15, 0.2) is 5.69 Å². The number of hydrogen-bond donors (Lipinski definition) is 4. The summed E-state index contributed by atoms with van der Waals surface area (Å²) in [6, 6.07) is -1.05. The number of hydrogen-bond acceptors (Lipinski definition) is 6. The van der Waals surface area contributed by atoms with E-state index < -0.39 is 48.8 Å². The topological polar surface area (TPSA) is 98.5 Å². The van der Waals surface area contributed by atoms with Crippen molar-refractivity contribution in [1.82, 2.24) is 9.97 Å². The molecule has 4 N–H and O–H groups in total. The van der Waals surface area contributed by atoms with Gasteiger partial charge in [0.05, 0.1) is 31.1 Å². The first-order chi connectivity index (χ1) is 10.2. The Bertz CT molecular complexity index is 517. The Morgan fingerprint density at radius 2 is 1.91 bits per heavy atom. The largest absolute Gasteiger partial charge is 0.434 e. The maximum atomic E-state index is 13.8. The van der Waals surface area contributed by atoms with E-state index in [1.54, 1.807) is 0 Å². The van der Waals surface area contributed by atoms with E-state index in [0.29, 0.717) is 6.20 Å². The number of halogens is 4. The van der Waals surface area contributed by atoms with Gasteiger partial charge in [-0.15, -0.1) is 0 Å². The van der Waals surface area contributed by atoms with Crippen LogP contribution in [-0.4, -0.2) is 56.3 Å². The third-order valence-corrected chi connectivity index (χ3v) is 3.61. The smallest absolute Gasteiger partial charge is 0.396 e. The van der Waals surface area contributed by atoms with Gasteiger partial charge in [-0.1, -0.05) is 0 Å². The summed E-state index contributed by atoms with van der Waals surface area (Å²) in [5.41, 5.74) is -1.23. The molecule has 10 heteroatoms.